The minimum Gasteiger partial charge on any atom is -0.347 e. The number of anilines is 2. The maximum absolute atomic E-state index is 12.7. The summed E-state index contributed by atoms with van der Waals surface area (Å²) in [5.41, 5.74) is 2.41. The molecule has 0 bridgehead atoms. The third-order valence-corrected chi connectivity index (χ3v) is 5.29. The van der Waals surface area contributed by atoms with Gasteiger partial charge in [-0.15, -0.1) is 11.3 Å². The van der Waals surface area contributed by atoms with Gasteiger partial charge < -0.3 is 15.6 Å². The first-order valence-corrected chi connectivity index (χ1v) is 9.48. The molecule has 0 aliphatic carbocycles. The molecule has 27 heavy (non-hydrogen) atoms. The number of rotatable bonds is 5. The van der Waals surface area contributed by atoms with Gasteiger partial charge in [-0.3, -0.25) is 4.79 Å². The van der Waals surface area contributed by atoms with Crippen molar-refractivity contribution in [1.29, 1.82) is 0 Å². The number of H-pyrrole nitrogens is 1. The van der Waals surface area contributed by atoms with Crippen molar-refractivity contribution in [3.8, 4) is 0 Å². The van der Waals surface area contributed by atoms with Gasteiger partial charge in [-0.05, 0) is 36.8 Å². The number of nitrogens with one attached hydrogen (secondary N) is 3. The number of benzene rings is 1. The van der Waals surface area contributed by atoms with E-state index in [4.69, 9.17) is 11.6 Å². The van der Waals surface area contributed by atoms with E-state index in [2.05, 4.69) is 25.6 Å². The van der Waals surface area contributed by atoms with Crippen LogP contribution in [0.4, 0.5) is 11.5 Å². The van der Waals surface area contributed by atoms with E-state index in [1.54, 1.807) is 6.07 Å². The van der Waals surface area contributed by atoms with Crippen molar-refractivity contribution in [2.75, 3.05) is 5.32 Å². The van der Waals surface area contributed by atoms with E-state index in [1.165, 1.54) is 17.7 Å². The summed E-state index contributed by atoms with van der Waals surface area (Å²) in [4.78, 5) is 25.9. The summed E-state index contributed by atoms with van der Waals surface area (Å²) in [6.45, 7) is 2.38. The Bertz CT molecular complexity index is 1120. The van der Waals surface area contributed by atoms with Gasteiger partial charge in [0.25, 0.3) is 5.91 Å². The van der Waals surface area contributed by atoms with Crippen molar-refractivity contribution in [1.82, 2.24) is 20.3 Å². The van der Waals surface area contributed by atoms with E-state index >= 15 is 0 Å². The van der Waals surface area contributed by atoms with Crippen LogP contribution < -0.4 is 10.6 Å². The lowest BCUT2D eigenvalue weighted by molar-refractivity contribution is 0.0955. The van der Waals surface area contributed by atoms with E-state index < -0.39 is 0 Å². The summed E-state index contributed by atoms with van der Waals surface area (Å²) in [5.74, 6) is 0.512. The Kier molecular flexibility index (Phi) is 4.79. The molecule has 0 atom stereocenters. The molecule has 4 rings (SSSR count). The van der Waals surface area contributed by atoms with Crippen LogP contribution in [0.15, 0.2) is 48.9 Å². The van der Waals surface area contributed by atoms with Gasteiger partial charge in [-0.1, -0.05) is 23.7 Å². The first-order valence-electron chi connectivity index (χ1n) is 8.28. The number of carbonyl (C=O) groups excluding carboxylic acids is 1. The Hall–Kier alpha value is -2.90. The largest absolute Gasteiger partial charge is 0.347 e. The summed E-state index contributed by atoms with van der Waals surface area (Å²) >= 11 is 7.43. The minimum absolute atomic E-state index is 0.144. The van der Waals surface area contributed by atoms with Gasteiger partial charge in [0.15, 0.2) is 0 Å². The van der Waals surface area contributed by atoms with Gasteiger partial charge in [-0.2, -0.15) is 0 Å². The highest BCUT2D eigenvalue weighted by atomic mass is 35.5. The van der Waals surface area contributed by atoms with Crippen LogP contribution in [0.2, 0.25) is 5.02 Å². The molecule has 3 aromatic heterocycles. The minimum atomic E-state index is -0.144. The summed E-state index contributed by atoms with van der Waals surface area (Å²) in [7, 11) is 0. The fourth-order valence-corrected chi connectivity index (χ4v) is 3.88. The van der Waals surface area contributed by atoms with Gasteiger partial charge in [0, 0.05) is 22.6 Å². The third kappa shape index (κ3) is 3.79. The number of hydrogen-bond acceptors (Lipinski definition) is 5. The quantitative estimate of drug-likeness (QED) is 0.457. The monoisotopic (exact) mass is 397 g/mol. The fraction of sp³-hybridized carbons (Fsp3) is 0.105. The van der Waals surface area contributed by atoms with Gasteiger partial charge in [0.05, 0.1) is 11.1 Å². The van der Waals surface area contributed by atoms with Crippen molar-refractivity contribution in [3.63, 3.8) is 0 Å². The van der Waals surface area contributed by atoms with Crippen LogP contribution in [0.3, 0.4) is 0 Å². The molecule has 0 unspecified atom stereocenters. The highest BCUT2D eigenvalue weighted by Crippen LogP contribution is 2.31. The van der Waals surface area contributed by atoms with Crippen LogP contribution in [0.5, 0.6) is 0 Å². The zero-order chi connectivity index (χ0) is 18.8. The van der Waals surface area contributed by atoms with E-state index in [0.29, 0.717) is 22.3 Å². The SMILES string of the molecule is Cc1cc(Nc2ncnc3[nH]ccc23)c(C(=O)NCc2cccc(Cl)c2)s1. The number of halogens is 1. The van der Waals surface area contributed by atoms with Crippen LogP contribution in [0, 0.1) is 6.92 Å². The Morgan fingerprint density at radius 2 is 2.15 bits per heavy atom. The standard InChI is InChI=1S/C19H16ClN5OS/c1-11-7-15(25-18-14-5-6-21-17(14)23-10-24-18)16(27-11)19(26)22-9-12-3-2-4-13(20)8-12/h2-8,10H,9H2,1H3,(H,22,26)(H2,21,23,24,25). The molecule has 0 spiro atoms. The van der Waals surface area contributed by atoms with Crippen LogP contribution in [-0.4, -0.2) is 20.9 Å². The van der Waals surface area contributed by atoms with Gasteiger partial charge in [-0.25, -0.2) is 9.97 Å². The van der Waals surface area contributed by atoms with Crippen molar-refractivity contribution in [3.05, 3.63) is 69.3 Å². The third-order valence-electron chi connectivity index (χ3n) is 4.01. The predicted molar refractivity (Wildman–Crippen MR) is 109 cm³/mol. The molecule has 3 heterocycles. The summed E-state index contributed by atoms with van der Waals surface area (Å²) in [5, 5.41) is 7.73. The number of thiophene rings is 1. The molecule has 1 aromatic carbocycles. The lowest BCUT2D eigenvalue weighted by Crippen LogP contribution is -2.22. The Labute approximate surface area is 164 Å². The number of carbonyl (C=O) groups is 1. The van der Waals surface area contributed by atoms with E-state index in [1.807, 2.05) is 43.5 Å². The average Bonchev–Trinajstić information content (AvgIpc) is 3.27. The zero-order valence-electron chi connectivity index (χ0n) is 14.4. The van der Waals surface area contributed by atoms with Gasteiger partial charge in [0.2, 0.25) is 0 Å². The molecular formula is C19H16ClN5OS. The van der Waals surface area contributed by atoms with Crippen molar-refractivity contribution >= 4 is 51.4 Å². The molecule has 0 saturated heterocycles. The van der Waals surface area contributed by atoms with Crippen LogP contribution in [0.1, 0.15) is 20.1 Å². The average molecular weight is 398 g/mol. The number of aromatic amines is 1. The normalized spacial score (nSPS) is 10.9. The molecule has 8 heteroatoms. The lowest BCUT2D eigenvalue weighted by atomic mass is 10.2. The second kappa shape index (κ2) is 7.38. The molecule has 6 nitrogen and oxygen atoms in total. The second-order valence-corrected chi connectivity index (χ2v) is 7.69. The topological polar surface area (TPSA) is 82.7 Å². The van der Waals surface area contributed by atoms with Crippen molar-refractivity contribution in [2.45, 2.75) is 13.5 Å². The van der Waals surface area contributed by atoms with Gasteiger partial charge >= 0.3 is 0 Å². The fourth-order valence-electron chi connectivity index (χ4n) is 2.78. The Morgan fingerprint density at radius 3 is 3.00 bits per heavy atom. The molecule has 136 valence electrons. The van der Waals surface area contributed by atoms with Crippen LogP contribution in [-0.2, 0) is 6.54 Å². The maximum atomic E-state index is 12.7. The van der Waals surface area contributed by atoms with Crippen molar-refractivity contribution < 1.29 is 4.79 Å². The number of amides is 1. The van der Waals surface area contributed by atoms with Gasteiger partial charge in [0.1, 0.15) is 22.7 Å². The highest BCUT2D eigenvalue weighted by molar-refractivity contribution is 7.14. The summed E-state index contributed by atoms with van der Waals surface area (Å²) < 4.78 is 0. The molecule has 3 N–H and O–H groups in total. The number of nitrogens with zero attached hydrogens (tertiary/aromatic N) is 2. The van der Waals surface area contributed by atoms with E-state index in [9.17, 15) is 4.79 Å². The first kappa shape index (κ1) is 17.5. The maximum Gasteiger partial charge on any atom is 0.263 e. The molecule has 0 saturated carbocycles. The predicted octanol–water partition coefficient (Wildman–Crippen LogP) is 4.65. The molecule has 0 aliphatic heterocycles. The molecule has 4 aromatic rings. The zero-order valence-corrected chi connectivity index (χ0v) is 16.0. The molecule has 0 radical (unpaired) electrons. The highest BCUT2D eigenvalue weighted by Gasteiger charge is 2.17. The van der Waals surface area contributed by atoms with Crippen LogP contribution >= 0.6 is 22.9 Å². The molecule has 1 amide bonds. The Balaban J connectivity index is 1.55. The molecular weight excluding hydrogens is 382 g/mol. The van der Waals surface area contributed by atoms with Crippen LogP contribution in [0.25, 0.3) is 11.0 Å². The first-order chi connectivity index (χ1) is 13.1. The van der Waals surface area contributed by atoms with Crippen molar-refractivity contribution in [2.24, 2.45) is 0 Å². The molecule has 0 fully saturated rings. The number of fused-ring (bicyclic) bond motifs is 1. The van der Waals surface area contributed by atoms with E-state index in [0.717, 1.165) is 27.2 Å². The molecule has 0 aliphatic rings. The second-order valence-electron chi connectivity index (χ2n) is 6.00. The number of aryl methyl sites for hydroxylation is 1. The number of hydrogen-bond donors (Lipinski definition) is 3. The van der Waals surface area contributed by atoms with E-state index in [-0.39, 0.29) is 5.91 Å². The summed E-state index contributed by atoms with van der Waals surface area (Å²) in [6, 6.07) is 11.3. The Morgan fingerprint density at radius 1 is 1.26 bits per heavy atom. The lowest BCUT2D eigenvalue weighted by Gasteiger charge is -2.09. The summed E-state index contributed by atoms with van der Waals surface area (Å²) in [6.07, 6.45) is 3.29. The number of aromatic nitrogens is 3. The smallest absolute Gasteiger partial charge is 0.263 e.